The van der Waals surface area contributed by atoms with Crippen molar-refractivity contribution in [2.24, 2.45) is 7.05 Å². The number of nitrogens with zero attached hydrogens (tertiary/aromatic N) is 2. The smallest absolute Gasteiger partial charge is 0.265 e. The number of anilines is 2. The normalized spacial score (nSPS) is 11.0. The van der Waals surface area contributed by atoms with Crippen molar-refractivity contribution in [2.75, 3.05) is 11.1 Å². The van der Waals surface area contributed by atoms with Gasteiger partial charge in [-0.25, -0.2) is 8.78 Å². The molecule has 0 amide bonds. The maximum Gasteiger partial charge on any atom is 0.265 e. The number of rotatable bonds is 4. The second-order valence-electron chi connectivity index (χ2n) is 4.41. The average molecular weight is 266 g/mol. The number of aromatic nitrogens is 2. The van der Waals surface area contributed by atoms with Gasteiger partial charge in [-0.15, -0.1) is 0 Å². The highest BCUT2D eigenvalue weighted by Gasteiger charge is 2.13. The third kappa shape index (κ3) is 3.01. The van der Waals surface area contributed by atoms with Crippen LogP contribution in [0, 0.1) is 6.92 Å². The molecule has 0 radical (unpaired) electrons. The summed E-state index contributed by atoms with van der Waals surface area (Å²) in [5, 5.41) is 7.21. The number of hydrogen-bond donors (Lipinski definition) is 2. The van der Waals surface area contributed by atoms with E-state index >= 15 is 0 Å². The molecule has 0 saturated heterocycles. The number of benzene rings is 1. The molecule has 2 rings (SSSR count). The van der Waals surface area contributed by atoms with Gasteiger partial charge in [-0.2, -0.15) is 5.10 Å². The van der Waals surface area contributed by atoms with Crippen molar-refractivity contribution in [3.8, 4) is 0 Å². The van der Waals surface area contributed by atoms with Crippen molar-refractivity contribution >= 4 is 11.4 Å². The molecule has 3 N–H and O–H groups in total. The Morgan fingerprint density at radius 2 is 2.16 bits per heavy atom. The molecule has 6 heteroatoms. The van der Waals surface area contributed by atoms with Crippen molar-refractivity contribution in [1.82, 2.24) is 9.78 Å². The van der Waals surface area contributed by atoms with Crippen molar-refractivity contribution < 1.29 is 8.78 Å². The lowest BCUT2D eigenvalue weighted by Crippen LogP contribution is -2.04. The van der Waals surface area contributed by atoms with Crippen LogP contribution >= 0.6 is 0 Å². The number of nitrogen functional groups attached to an aromatic ring is 1. The van der Waals surface area contributed by atoms with Gasteiger partial charge in [0.25, 0.3) is 6.43 Å². The van der Waals surface area contributed by atoms with E-state index in [4.69, 9.17) is 5.73 Å². The maximum absolute atomic E-state index is 12.9. The molecule has 102 valence electrons. The zero-order valence-electron chi connectivity index (χ0n) is 10.8. The third-order valence-corrected chi connectivity index (χ3v) is 2.90. The first-order valence-corrected chi connectivity index (χ1v) is 5.88. The van der Waals surface area contributed by atoms with Crippen LogP contribution in [0.5, 0.6) is 0 Å². The quantitative estimate of drug-likeness (QED) is 0.837. The summed E-state index contributed by atoms with van der Waals surface area (Å²) in [5.74, 6) is 0. The first-order valence-electron chi connectivity index (χ1n) is 5.88. The third-order valence-electron chi connectivity index (χ3n) is 2.90. The van der Waals surface area contributed by atoms with Crippen molar-refractivity contribution in [2.45, 2.75) is 19.9 Å². The predicted molar refractivity (Wildman–Crippen MR) is 71.1 cm³/mol. The average Bonchev–Trinajstić information content (AvgIpc) is 2.66. The van der Waals surface area contributed by atoms with E-state index in [0.717, 1.165) is 11.3 Å². The molecule has 0 saturated carbocycles. The summed E-state index contributed by atoms with van der Waals surface area (Å²) in [6.07, 6.45) is -0.692. The minimum absolute atomic E-state index is 0.0819. The summed E-state index contributed by atoms with van der Waals surface area (Å²) in [6, 6.07) is 4.47. The second-order valence-corrected chi connectivity index (χ2v) is 4.41. The Hall–Kier alpha value is -2.11. The van der Waals surface area contributed by atoms with Gasteiger partial charge in [-0.05, 0) is 25.1 Å². The lowest BCUT2D eigenvalue weighted by atomic mass is 10.1. The van der Waals surface area contributed by atoms with Crippen molar-refractivity contribution in [3.63, 3.8) is 0 Å². The maximum atomic E-state index is 12.9. The van der Waals surface area contributed by atoms with Gasteiger partial charge >= 0.3 is 0 Å². The number of aryl methyl sites for hydroxylation is 2. The van der Waals surface area contributed by atoms with Gasteiger partial charge in [-0.3, -0.25) is 4.68 Å². The highest BCUT2D eigenvalue weighted by molar-refractivity contribution is 5.58. The first-order chi connectivity index (χ1) is 8.97. The van der Waals surface area contributed by atoms with E-state index in [1.807, 2.05) is 20.2 Å². The van der Waals surface area contributed by atoms with Crippen molar-refractivity contribution in [3.05, 3.63) is 41.2 Å². The number of halogens is 2. The molecular formula is C13H16F2N4. The van der Waals surface area contributed by atoms with Crippen LogP contribution in [-0.4, -0.2) is 9.78 Å². The number of nitrogens with one attached hydrogen (secondary N) is 1. The molecule has 0 atom stereocenters. The van der Waals surface area contributed by atoms with Gasteiger partial charge < -0.3 is 11.1 Å². The Labute approximate surface area is 110 Å². The summed E-state index contributed by atoms with van der Waals surface area (Å²) in [5.41, 5.74) is 8.02. The lowest BCUT2D eigenvalue weighted by molar-refractivity contribution is 0.152. The monoisotopic (exact) mass is 266 g/mol. The highest BCUT2D eigenvalue weighted by atomic mass is 19.3. The fraction of sp³-hybridized carbons (Fsp3) is 0.308. The predicted octanol–water partition coefficient (Wildman–Crippen LogP) is 2.86. The molecule has 4 nitrogen and oxygen atoms in total. The largest absolute Gasteiger partial charge is 0.399 e. The van der Waals surface area contributed by atoms with Gasteiger partial charge in [-0.1, -0.05) is 0 Å². The molecule has 0 bridgehead atoms. The zero-order chi connectivity index (χ0) is 14.0. The number of hydrogen-bond acceptors (Lipinski definition) is 3. The molecule has 0 aliphatic rings. The van der Waals surface area contributed by atoms with Gasteiger partial charge in [0.1, 0.15) is 0 Å². The van der Waals surface area contributed by atoms with Gasteiger partial charge in [0, 0.05) is 42.3 Å². The van der Waals surface area contributed by atoms with E-state index in [0.29, 0.717) is 17.9 Å². The standard InChI is InChI=1S/C13H16F2N4/c1-8-9(7-19(2)18-8)6-17-12-4-3-10(16)5-11(12)13(14)15/h3-5,7,13,17H,6,16H2,1-2H3. The summed E-state index contributed by atoms with van der Waals surface area (Å²) in [7, 11) is 1.82. The first kappa shape index (κ1) is 13.3. The molecular weight excluding hydrogens is 250 g/mol. The van der Waals surface area contributed by atoms with Gasteiger partial charge in [0.05, 0.1) is 5.69 Å². The molecule has 1 heterocycles. The molecule has 0 aliphatic heterocycles. The Morgan fingerprint density at radius 3 is 2.74 bits per heavy atom. The van der Waals surface area contributed by atoms with E-state index in [9.17, 15) is 8.78 Å². The Balaban J connectivity index is 2.17. The summed E-state index contributed by atoms with van der Waals surface area (Å²) < 4.78 is 27.5. The topological polar surface area (TPSA) is 55.9 Å². The van der Waals surface area contributed by atoms with Crippen LogP contribution in [0.1, 0.15) is 23.2 Å². The fourth-order valence-corrected chi connectivity index (χ4v) is 1.94. The SMILES string of the molecule is Cc1nn(C)cc1CNc1ccc(N)cc1C(F)F. The molecule has 2 aromatic rings. The van der Waals surface area contributed by atoms with E-state index in [-0.39, 0.29) is 5.56 Å². The Bertz CT molecular complexity index is 578. The molecule has 19 heavy (non-hydrogen) atoms. The molecule has 0 aliphatic carbocycles. The highest BCUT2D eigenvalue weighted by Crippen LogP contribution is 2.29. The van der Waals surface area contributed by atoms with Crippen LogP contribution in [0.3, 0.4) is 0 Å². The van der Waals surface area contributed by atoms with Gasteiger partial charge in [0.2, 0.25) is 0 Å². The van der Waals surface area contributed by atoms with E-state index in [1.165, 1.54) is 6.07 Å². The van der Waals surface area contributed by atoms with Crippen LogP contribution in [0.2, 0.25) is 0 Å². The molecule has 0 spiro atoms. The van der Waals surface area contributed by atoms with Gasteiger partial charge in [0.15, 0.2) is 0 Å². The van der Waals surface area contributed by atoms with Crippen LogP contribution in [0.25, 0.3) is 0 Å². The van der Waals surface area contributed by atoms with Crippen LogP contribution in [0.15, 0.2) is 24.4 Å². The van der Waals surface area contributed by atoms with E-state index in [1.54, 1.807) is 16.8 Å². The molecule has 0 unspecified atom stereocenters. The summed E-state index contributed by atoms with van der Waals surface area (Å²) >= 11 is 0. The van der Waals surface area contributed by atoms with E-state index < -0.39 is 6.43 Å². The van der Waals surface area contributed by atoms with E-state index in [2.05, 4.69) is 10.4 Å². The number of nitrogens with two attached hydrogens (primary N) is 1. The second kappa shape index (κ2) is 5.26. The minimum atomic E-state index is -2.55. The summed E-state index contributed by atoms with van der Waals surface area (Å²) in [6.45, 7) is 2.33. The van der Waals surface area contributed by atoms with Crippen LogP contribution in [-0.2, 0) is 13.6 Å². The molecule has 0 fully saturated rings. The Kier molecular flexibility index (Phi) is 3.69. The Morgan fingerprint density at radius 1 is 1.42 bits per heavy atom. The van der Waals surface area contributed by atoms with Crippen LogP contribution in [0.4, 0.5) is 20.2 Å². The van der Waals surface area contributed by atoms with Crippen molar-refractivity contribution in [1.29, 1.82) is 0 Å². The van der Waals surface area contributed by atoms with Crippen LogP contribution < -0.4 is 11.1 Å². The molecule has 1 aromatic heterocycles. The minimum Gasteiger partial charge on any atom is -0.399 e. The molecule has 1 aromatic carbocycles. The number of alkyl halides is 2. The lowest BCUT2D eigenvalue weighted by Gasteiger charge is -2.12. The fourth-order valence-electron chi connectivity index (χ4n) is 1.94. The zero-order valence-corrected chi connectivity index (χ0v) is 10.8. The summed E-state index contributed by atoms with van der Waals surface area (Å²) in [4.78, 5) is 0.